The number of H-pyrrole nitrogens is 1. The summed E-state index contributed by atoms with van der Waals surface area (Å²) in [6.45, 7) is 2.02. The van der Waals surface area contributed by atoms with E-state index in [0.717, 1.165) is 37.3 Å². The number of imidazole rings is 1. The molecule has 0 saturated heterocycles. The molecule has 1 N–H and O–H groups in total. The number of hydrogen-bond donors (Lipinski definition) is 1. The highest BCUT2D eigenvalue weighted by Crippen LogP contribution is 2.27. The molecule has 0 spiro atoms. The molecule has 100 valence electrons. The fourth-order valence-corrected chi connectivity index (χ4v) is 2.63. The van der Waals surface area contributed by atoms with Crippen molar-refractivity contribution < 1.29 is 0 Å². The second kappa shape index (κ2) is 5.54. The van der Waals surface area contributed by atoms with Crippen LogP contribution in [0, 0.1) is 6.92 Å². The Morgan fingerprint density at radius 1 is 0.800 bits per heavy atom. The molecule has 0 atom stereocenters. The molecule has 0 amide bonds. The van der Waals surface area contributed by atoms with Crippen molar-refractivity contribution in [1.82, 2.24) is 9.97 Å². The Kier molecular flexibility index (Phi) is 3.76. The molecule has 0 aliphatic carbocycles. The second-order valence-corrected chi connectivity index (χ2v) is 6.39. The molecule has 1 heterocycles. The summed E-state index contributed by atoms with van der Waals surface area (Å²) in [6, 6.07) is 16.4. The van der Waals surface area contributed by atoms with E-state index < -0.39 is 0 Å². The summed E-state index contributed by atoms with van der Waals surface area (Å²) < 4.78 is 2.14. The molecule has 0 fully saturated rings. The monoisotopic (exact) mass is 390 g/mol. The molecule has 3 aromatic rings. The van der Waals surface area contributed by atoms with Gasteiger partial charge in [-0.3, -0.25) is 0 Å². The minimum Gasteiger partial charge on any atom is -0.338 e. The predicted octanol–water partition coefficient (Wildman–Crippen LogP) is 5.58. The fraction of sp³-hybridized carbons (Fsp3) is 0.0625. The van der Waals surface area contributed by atoms with E-state index in [4.69, 9.17) is 0 Å². The van der Waals surface area contributed by atoms with Crippen LogP contribution in [0.25, 0.3) is 22.6 Å². The first-order valence-electron chi connectivity index (χ1n) is 6.22. The maximum atomic E-state index is 4.63. The third-order valence-electron chi connectivity index (χ3n) is 3.14. The van der Waals surface area contributed by atoms with Gasteiger partial charge in [0.25, 0.3) is 0 Å². The lowest BCUT2D eigenvalue weighted by Crippen LogP contribution is -1.81. The molecule has 0 saturated carbocycles. The summed E-state index contributed by atoms with van der Waals surface area (Å²) in [6.07, 6.45) is 0. The molecule has 0 radical (unpaired) electrons. The van der Waals surface area contributed by atoms with Crippen molar-refractivity contribution in [3.8, 4) is 22.6 Å². The second-order valence-electron chi connectivity index (χ2n) is 4.56. The Morgan fingerprint density at radius 3 is 1.85 bits per heavy atom. The maximum Gasteiger partial charge on any atom is 0.138 e. The highest BCUT2D eigenvalue weighted by molar-refractivity contribution is 9.10. The number of rotatable bonds is 2. The first-order chi connectivity index (χ1) is 9.63. The first-order valence-corrected chi connectivity index (χ1v) is 7.80. The summed E-state index contributed by atoms with van der Waals surface area (Å²) in [5.41, 5.74) is 4.29. The Balaban J connectivity index is 2.02. The van der Waals surface area contributed by atoms with Crippen LogP contribution in [0.5, 0.6) is 0 Å². The number of benzene rings is 2. The SMILES string of the molecule is Cc1nc(-c2ccc(Br)cc2)[nH]c1-c1ccc(Br)cc1. The minimum atomic E-state index is 0.896. The smallest absolute Gasteiger partial charge is 0.138 e. The highest BCUT2D eigenvalue weighted by Gasteiger charge is 2.10. The third-order valence-corrected chi connectivity index (χ3v) is 4.19. The number of hydrogen-bond acceptors (Lipinski definition) is 1. The zero-order valence-electron chi connectivity index (χ0n) is 10.8. The minimum absolute atomic E-state index is 0.896. The fourth-order valence-electron chi connectivity index (χ4n) is 2.10. The summed E-state index contributed by atoms with van der Waals surface area (Å²) >= 11 is 6.90. The number of halogens is 2. The van der Waals surface area contributed by atoms with Crippen LogP contribution in [-0.2, 0) is 0 Å². The van der Waals surface area contributed by atoms with Gasteiger partial charge in [-0.15, -0.1) is 0 Å². The topological polar surface area (TPSA) is 28.7 Å². The lowest BCUT2D eigenvalue weighted by molar-refractivity contribution is 1.25. The number of aryl methyl sites for hydroxylation is 1. The maximum absolute atomic E-state index is 4.63. The van der Waals surface area contributed by atoms with E-state index in [-0.39, 0.29) is 0 Å². The quantitative estimate of drug-likeness (QED) is 0.607. The van der Waals surface area contributed by atoms with Crippen LogP contribution in [0.4, 0.5) is 0 Å². The first kappa shape index (κ1) is 13.6. The summed E-state index contributed by atoms with van der Waals surface area (Å²) in [7, 11) is 0. The third kappa shape index (κ3) is 2.72. The Morgan fingerprint density at radius 2 is 1.30 bits per heavy atom. The van der Waals surface area contributed by atoms with Crippen molar-refractivity contribution in [1.29, 1.82) is 0 Å². The molecule has 0 bridgehead atoms. The zero-order valence-corrected chi connectivity index (χ0v) is 14.0. The van der Waals surface area contributed by atoms with Crippen LogP contribution in [0.2, 0.25) is 0 Å². The number of nitrogens with one attached hydrogen (secondary N) is 1. The molecule has 4 heteroatoms. The molecule has 1 aromatic heterocycles. The van der Waals surface area contributed by atoms with Crippen LogP contribution in [-0.4, -0.2) is 9.97 Å². The normalized spacial score (nSPS) is 10.8. The van der Waals surface area contributed by atoms with Crippen LogP contribution in [0.1, 0.15) is 5.69 Å². The van der Waals surface area contributed by atoms with Gasteiger partial charge in [0.05, 0.1) is 11.4 Å². The average molecular weight is 392 g/mol. The molecular weight excluding hydrogens is 380 g/mol. The van der Waals surface area contributed by atoms with Gasteiger partial charge in [-0.25, -0.2) is 4.98 Å². The van der Waals surface area contributed by atoms with Crippen LogP contribution < -0.4 is 0 Å². The highest BCUT2D eigenvalue weighted by atomic mass is 79.9. The Hall–Kier alpha value is -1.39. The van der Waals surface area contributed by atoms with Crippen molar-refractivity contribution in [2.24, 2.45) is 0 Å². The Labute approximate surface area is 134 Å². The van der Waals surface area contributed by atoms with Crippen LogP contribution >= 0.6 is 31.9 Å². The summed E-state index contributed by atoms with van der Waals surface area (Å²) in [5, 5.41) is 0. The number of aromatic nitrogens is 2. The molecule has 0 aliphatic rings. The van der Waals surface area contributed by atoms with Gasteiger partial charge in [-0.05, 0) is 36.8 Å². The van der Waals surface area contributed by atoms with Crippen molar-refractivity contribution in [3.05, 3.63) is 63.2 Å². The van der Waals surface area contributed by atoms with Gasteiger partial charge in [0.15, 0.2) is 0 Å². The van der Waals surface area contributed by atoms with E-state index in [9.17, 15) is 0 Å². The van der Waals surface area contributed by atoms with Crippen LogP contribution in [0.15, 0.2) is 57.5 Å². The molecule has 0 unspecified atom stereocenters. The van der Waals surface area contributed by atoms with Gasteiger partial charge in [-0.1, -0.05) is 56.1 Å². The van der Waals surface area contributed by atoms with Gasteiger partial charge in [-0.2, -0.15) is 0 Å². The average Bonchev–Trinajstić information content (AvgIpc) is 2.82. The van der Waals surface area contributed by atoms with E-state index >= 15 is 0 Å². The lowest BCUT2D eigenvalue weighted by Gasteiger charge is -2.00. The molecule has 3 rings (SSSR count). The summed E-state index contributed by atoms with van der Waals surface area (Å²) in [5.74, 6) is 0.896. The summed E-state index contributed by atoms with van der Waals surface area (Å²) in [4.78, 5) is 8.04. The number of aromatic amines is 1. The van der Waals surface area contributed by atoms with E-state index in [1.807, 2.05) is 43.3 Å². The van der Waals surface area contributed by atoms with E-state index in [2.05, 4.69) is 54.0 Å². The zero-order chi connectivity index (χ0) is 14.1. The van der Waals surface area contributed by atoms with E-state index in [0.29, 0.717) is 0 Å². The van der Waals surface area contributed by atoms with Crippen molar-refractivity contribution in [3.63, 3.8) is 0 Å². The van der Waals surface area contributed by atoms with Crippen molar-refractivity contribution in [2.75, 3.05) is 0 Å². The molecular formula is C16H12Br2N2. The molecule has 0 aliphatic heterocycles. The van der Waals surface area contributed by atoms with E-state index in [1.54, 1.807) is 0 Å². The van der Waals surface area contributed by atoms with Gasteiger partial charge in [0.1, 0.15) is 5.82 Å². The predicted molar refractivity (Wildman–Crippen MR) is 89.6 cm³/mol. The molecule has 2 aromatic carbocycles. The Bertz CT molecular complexity index is 728. The lowest BCUT2D eigenvalue weighted by atomic mass is 10.1. The largest absolute Gasteiger partial charge is 0.338 e. The van der Waals surface area contributed by atoms with Gasteiger partial charge in [0, 0.05) is 14.5 Å². The molecule has 2 nitrogen and oxygen atoms in total. The van der Waals surface area contributed by atoms with Gasteiger partial charge in [0.2, 0.25) is 0 Å². The number of nitrogens with zero attached hydrogens (tertiary/aromatic N) is 1. The van der Waals surface area contributed by atoms with Crippen LogP contribution in [0.3, 0.4) is 0 Å². The molecule has 20 heavy (non-hydrogen) atoms. The standard InChI is InChI=1S/C16H12Br2N2/c1-10-15(11-2-6-13(17)7-3-11)20-16(19-10)12-4-8-14(18)9-5-12/h2-9H,1H3,(H,19,20). The van der Waals surface area contributed by atoms with Gasteiger partial charge >= 0.3 is 0 Å². The van der Waals surface area contributed by atoms with Crippen molar-refractivity contribution >= 4 is 31.9 Å². The van der Waals surface area contributed by atoms with E-state index in [1.165, 1.54) is 0 Å². The van der Waals surface area contributed by atoms with Gasteiger partial charge < -0.3 is 4.98 Å². The van der Waals surface area contributed by atoms with Crippen molar-refractivity contribution in [2.45, 2.75) is 6.92 Å².